The monoisotopic (exact) mass is 232 g/mol. The maximum atomic E-state index is 5.94. The number of alkyl halides is 1. The predicted octanol–water partition coefficient (Wildman–Crippen LogP) is 1.31. The maximum Gasteiger partial charge on any atom is 0.143 e. The van der Waals surface area contributed by atoms with Gasteiger partial charge in [-0.3, -0.25) is 0 Å². The molecular formula is C13H9ClO2. The smallest absolute Gasteiger partial charge is 0.143 e. The average Bonchev–Trinajstić information content (AvgIpc) is 3.07. The lowest BCUT2D eigenvalue weighted by Gasteiger charge is -2.15. The Kier molecular flexibility index (Phi) is 3.43. The van der Waals surface area contributed by atoms with Crippen LogP contribution < -0.4 is 0 Å². The molecule has 0 aromatic carbocycles. The zero-order valence-corrected chi connectivity index (χ0v) is 9.47. The molecule has 0 radical (unpaired) electrons. The van der Waals surface area contributed by atoms with E-state index in [2.05, 4.69) is 35.5 Å². The molecule has 0 aliphatic carbocycles. The van der Waals surface area contributed by atoms with Crippen molar-refractivity contribution >= 4 is 11.6 Å². The standard InChI is InChI=1S/C13H9ClO2/c1-2-3-4-5-6-7-8-11-13-12(16-13)10(14)9-15-11/h8,10,12-13H,9H2,1H3/b11-8-/t10-,12-,13+/m1/s1. The van der Waals surface area contributed by atoms with Crippen molar-refractivity contribution in [3.63, 3.8) is 0 Å². The third-order valence-electron chi connectivity index (χ3n) is 2.17. The van der Waals surface area contributed by atoms with Crippen molar-refractivity contribution in [1.82, 2.24) is 0 Å². The van der Waals surface area contributed by atoms with E-state index in [0.29, 0.717) is 6.61 Å². The maximum absolute atomic E-state index is 5.94. The van der Waals surface area contributed by atoms with E-state index >= 15 is 0 Å². The van der Waals surface area contributed by atoms with Crippen LogP contribution in [0.15, 0.2) is 11.8 Å². The molecule has 3 heteroatoms. The summed E-state index contributed by atoms with van der Waals surface area (Å²) in [7, 11) is 0. The first-order chi connectivity index (χ1) is 7.83. The molecule has 0 saturated carbocycles. The molecule has 2 saturated heterocycles. The Morgan fingerprint density at radius 3 is 2.94 bits per heavy atom. The fourth-order valence-corrected chi connectivity index (χ4v) is 1.63. The van der Waals surface area contributed by atoms with Crippen molar-refractivity contribution in [2.24, 2.45) is 0 Å². The second kappa shape index (κ2) is 5.00. The summed E-state index contributed by atoms with van der Waals surface area (Å²) < 4.78 is 10.7. The fraction of sp³-hybridized carbons (Fsp3) is 0.385. The minimum atomic E-state index is -0.0465. The third kappa shape index (κ3) is 2.53. The summed E-state index contributed by atoms with van der Waals surface area (Å²) in [6, 6.07) is 0. The second-order valence-corrected chi connectivity index (χ2v) is 3.85. The van der Waals surface area contributed by atoms with Crippen LogP contribution in [0.5, 0.6) is 0 Å². The number of halogens is 1. The van der Waals surface area contributed by atoms with Crippen LogP contribution >= 0.6 is 11.6 Å². The van der Waals surface area contributed by atoms with E-state index in [1.807, 2.05) is 0 Å². The van der Waals surface area contributed by atoms with Gasteiger partial charge in [-0.2, -0.15) is 0 Å². The van der Waals surface area contributed by atoms with Gasteiger partial charge in [-0.15, -0.1) is 11.6 Å². The summed E-state index contributed by atoms with van der Waals surface area (Å²) in [5.41, 5.74) is 0. The Morgan fingerprint density at radius 1 is 1.31 bits per heavy atom. The number of rotatable bonds is 0. The molecule has 0 unspecified atom stereocenters. The summed E-state index contributed by atoms with van der Waals surface area (Å²) in [4.78, 5) is 0. The van der Waals surface area contributed by atoms with E-state index < -0.39 is 0 Å². The Hall–Kier alpha value is -1.53. The molecule has 2 aliphatic rings. The van der Waals surface area contributed by atoms with Gasteiger partial charge in [0.1, 0.15) is 24.6 Å². The van der Waals surface area contributed by atoms with Crippen LogP contribution in [0, 0.1) is 35.5 Å². The van der Waals surface area contributed by atoms with Gasteiger partial charge < -0.3 is 9.47 Å². The Balaban J connectivity index is 1.94. The Bertz CT molecular complexity index is 487. The zero-order valence-electron chi connectivity index (χ0n) is 8.71. The van der Waals surface area contributed by atoms with E-state index in [1.54, 1.807) is 13.0 Å². The van der Waals surface area contributed by atoms with Gasteiger partial charge in [0, 0.05) is 6.08 Å². The van der Waals surface area contributed by atoms with E-state index in [9.17, 15) is 0 Å². The highest BCUT2D eigenvalue weighted by Crippen LogP contribution is 2.38. The van der Waals surface area contributed by atoms with Crippen molar-refractivity contribution in [1.29, 1.82) is 0 Å². The molecule has 2 rings (SSSR count). The van der Waals surface area contributed by atoms with E-state index in [0.717, 1.165) is 5.76 Å². The Morgan fingerprint density at radius 2 is 2.12 bits per heavy atom. The van der Waals surface area contributed by atoms with Gasteiger partial charge in [-0.25, -0.2) is 0 Å². The number of hydrogen-bond donors (Lipinski definition) is 0. The molecular weight excluding hydrogens is 224 g/mol. The van der Waals surface area contributed by atoms with Crippen molar-refractivity contribution in [2.45, 2.75) is 24.5 Å². The molecule has 0 aromatic rings. The van der Waals surface area contributed by atoms with E-state index in [-0.39, 0.29) is 17.6 Å². The number of fused-ring (bicyclic) bond motifs is 1. The topological polar surface area (TPSA) is 21.8 Å². The summed E-state index contributed by atoms with van der Waals surface area (Å²) in [5, 5.41) is -0.0465. The quantitative estimate of drug-likeness (QED) is 0.357. The summed E-state index contributed by atoms with van der Waals surface area (Å²) in [6.45, 7) is 2.20. The first kappa shape index (κ1) is 11.0. The number of hydrogen-bond acceptors (Lipinski definition) is 2. The third-order valence-corrected chi connectivity index (χ3v) is 2.55. The van der Waals surface area contributed by atoms with Crippen LogP contribution in [0.3, 0.4) is 0 Å². The minimum absolute atomic E-state index is 0.00561. The SMILES string of the molecule is CC#CC#CC#C/C=C1\OC[C@@H](Cl)[C@H]2O[C@@H]12. The van der Waals surface area contributed by atoms with Gasteiger partial charge in [0.15, 0.2) is 0 Å². The van der Waals surface area contributed by atoms with Gasteiger partial charge in [0.2, 0.25) is 0 Å². The molecule has 0 aromatic heterocycles. The molecule has 2 nitrogen and oxygen atoms in total. The number of epoxide rings is 1. The van der Waals surface area contributed by atoms with Crippen LogP contribution in [0.25, 0.3) is 0 Å². The van der Waals surface area contributed by atoms with Crippen LogP contribution in [0.4, 0.5) is 0 Å². The molecule has 2 heterocycles. The van der Waals surface area contributed by atoms with Crippen molar-refractivity contribution in [3.8, 4) is 35.5 Å². The molecule has 3 atom stereocenters. The lowest BCUT2D eigenvalue weighted by molar-refractivity contribution is 0.185. The molecule has 16 heavy (non-hydrogen) atoms. The van der Waals surface area contributed by atoms with E-state index in [4.69, 9.17) is 21.1 Å². The van der Waals surface area contributed by atoms with Gasteiger partial charge in [-0.1, -0.05) is 11.8 Å². The second-order valence-electron chi connectivity index (χ2n) is 3.29. The normalized spacial score (nSPS) is 31.6. The molecule has 2 aliphatic heterocycles. The largest absolute Gasteiger partial charge is 0.493 e. The van der Waals surface area contributed by atoms with Crippen LogP contribution in [0.2, 0.25) is 0 Å². The van der Waals surface area contributed by atoms with Crippen LogP contribution in [-0.2, 0) is 9.47 Å². The molecule has 0 amide bonds. The molecule has 2 fully saturated rings. The number of ether oxygens (including phenoxy) is 2. The average molecular weight is 233 g/mol. The summed E-state index contributed by atoms with van der Waals surface area (Å²) in [6.07, 6.45) is 1.77. The lowest BCUT2D eigenvalue weighted by Crippen LogP contribution is -2.24. The lowest BCUT2D eigenvalue weighted by atomic mass is 10.1. The number of allylic oxidation sites excluding steroid dienone is 1. The highest BCUT2D eigenvalue weighted by molar-refractivity contribution is 6.21. The molecule has 0 N–H and O–H groups in total. The predicted molar refractivity (Wildman–Crippen MR) is 61.3 cm³/mol. The summed E-state index contributed by atoms with van der Waals surface area (Å²) >= 11 is 5.94. The highest BCUT2D eigenvalue weighted by Gasteiger charge is 2.51. The fourth-order valence-electron chi connectivity index (χ4n) is 1.37. The zero-order chi connectivity index (χ0) is 11.4. The van der Waals surface area contributed by atoms with Gasteiger partial charge >= 0.3 is 0 Å². The van der Waals surface area contributed by atoms with Gasteiger partial charge in [0.25, 0.3) is 0 Å². The van der Waals surface area contributed by atoms with Crippen molar-refractivity contribution in [2.75, 3.05) is 6.61 Å². The van der Waals surface area contributed by atoms with Crippen LogP contribution in [0.1, 0.15) is 6.92 Å². The molecule has 0 bridgehead atoms. The summed E-state index contributed by atoms with van der Waals surface area (Å²) in [5.74, 6) is 16.7. The van der Waals surface area contributed by atoms with Crippen molar-refractivity contribution < 1.29 is 9.47 Å². The van der Waals surface area contributed by atoms with Gasteiger partial charge in [0.05, 0.1) is 5.38 Å². The van der Waals surface area contributed by atoms with Gasteiger partial charge in [-0.05, 0) is 30.6 Å². The minimum Gasteiger partial charge on any atom is -0.493 e. The first-order valence-electron chi connectivity index (χ1n) is 4.87. The Labute approximate surface area is 99.9 Å². The molecule has 0 spiro atoms. The van der Waals surface area contributed by atoms with Crippen molar-refractivity contribution in [3.05, 3.63) is 11.8 Å². The highest BCUT2D eigenvalue weighted by atomic mass is 35.5. The molecule has 80 valence electrons. The van der Waals surface area contributed by atoms with E-state index in [1.165, 1.54) is 0 Å². The van der Waals surface area contributed by atoms with Crippen LogP contribution in [-0.4, -0.2) is 24.2 Å². The first-order valence-corrected chi connectivity index (χ1v) is 5.31.